The molecule has 0 spiro atoms. The average molecular weight is 358 g/mol. The fraction of sp³-hybridized carbons (Fsp3) is 0.526. The lowest BCUT2D eigenvalue weighted by atomic mass is 9.81. The van der Waals surface area contributed by atoms with Gasteiger partial charge in [-0.05, 0) is 43.7 Å². The number of para-hydroxylation sites is 1. The molecule has 0 radical (unpaired) electrons. The number of rotatable bonds is 5. The van der Waals surface area contributed by atoms with Crippen molar-refractivity contribution in [1.29, 1.82) is 0 Å². The van der Waals surface area contributed by atoms with Crippen LogP contribution < -0.4 is 0 Å². The van der Waals surface area contributed by atoms with Crippen molar-refractivity contribution in [2.45, 2.75) is 38.5 Å². The SMILES string of the molecule is O=C(CCCc1nc2ccccc2s1)N1C[C@@H]2CCC[C@@]2(C(=O)O)C1. The first-order valence-corrected chi connectivity index (χ1v) is 9.76. The number of carbonyl (C=O) groups is 2. The first-order valence-electron chi connectivity index (χ1n) is 8.94. The number of hydrogen-bond acceptors (Lipinski definition) is 4. The minimum absolute atomic E-state index is 0.0936. The predicted molar refractivity (Wildman–Crippen MR) is 96.5 cm³/mol. The molecule has 2 heterocycles. The Bertz CT molecular complexity index is 785. The van der Waals surface area contributed by atoms with Crippen LogP contribution in [0.25, 0.3) is 10.2 Å². The Hall–Kier alpha value is -1.95. The van der Waals surface area contributed by atoms with Gasteiger partial charge in [-0.1, -0.05) is 18.6 Å². The minimum Gasteiger partial charge on any atom is -0.481 e. The molecule has 0 unspecified atom stereocenters. The molecule has 2 fully saturated rings. The number of carboxylic acids is 1. The van der Waals surface area contributed by atoms with E-state index in [1.807, 2.05) is 18.2 Å². The fourth-order valence-corrected chi connectivity index (χ4v) is 5.41. The molecule has 2 aromatic rings. The zero-order valence-corrected chi connectivity index (χ0v) is 14.9. The molecule has 6 heteroatoms. The molecule has 132 valence electrons. The minimum atomic E-state index is -0.722. The standard InChI is InChI=1S/C19H22N2O3S/c22-17(21-11-13-5-4-10-19(13,12-21)18(23)24)9-3-8-16-20-14-6-1-2-7-15(14)25-16/h1-2,6-7,13H,3-5,8-12H2,(H,23,24)/t13-,19+/m0/s1. The van der Waals surface area contributed by atoms with Crippen LogP contribution >= 0.6 is 11.3 Å². The van der Waals surface area contributed by atoms with Crippen molar-refractivity contribution in [1.82, 2.24) is 9.88 Å². The number of nitrogens with zero attached hydrogens (tertiary/aromatic N) is 2. The molecule has 1 aromatic heterocycles. The highest BCUT2D eigenvalue weighted by Gasteiger charge is 2.55. The monoisotopic (exact) mass is 358 g/mol. The Labute approximate surface area is 150 Å². The highest BCUT2D eigenvalue weighted by atomic mass is 32.1. The van der Waals surface area contributed by atoms with Gasteiger partial charge in [-0.2, -0.15) is 0 Å². The van der Waals surface area contributed by atoms with Crippen molar-refractivity contribution in [2.24, 2.45) is 11.3 Å². The smallest absolute Gasteiger partial charge is 0.311 e. The quantitative estimate of drug-likeness (QED) is 0.890. The summed E-state index contributed by atoms with van der Waals surface area (Å²) in [5.41, 5.74) is 0.340. The Morgan fingerprint density at radius 1 is 1.36 bits per heavy atom. The van der Waals surface area contributed by atoms with Crippen molar-refractivity contribution in [2.75, 3.05) is 13.1 Å². The van der Waals surface area contributed by atoms with E-state index < -0.39 is 11.4 Å². The Morgan fingerprint density at radius 2 is 2.20 bits per heavy atom. The Balaban J connectivity index is 1.33. The second-order valence-corrected chi connectivity index (χ2v) is 8.37. The van der Waals surface area contributed by atoms with Crippen LogP contribution in [0, 0.1) is 11.3 Å². The molecule has 1 aliphatic heterocycles. The largest absolute Gasteiger partial charge is 0.481 e. The van der Waals surface area contributed by atoms with E-state index >= 15 is 0 Å². The summed E-state index contributed by atoms with van der Waals surface area (Å²) in [5.74, 6) is -0.492. The zero-order chi connectivity index (χ0) is 17.4. The Morgan fingerprint density at radius 3 is 2.96 bits per heavy atom. The summed E-state index contributed by atoms with van der Waals surface area (Å²) in [6.07, 6.45) is 4.64. The van der Waals surface area contributed by atoms with Gasteiger partial charge in [-0.15, -0.1) is 11.3 Å². The number of thiazole rings is 1. The maximum atomic E-state index is 12.5. The molecule has 1 N–H and O–H groups in total. The van der Waals surface area contributed by atoms with Gasteiger partial charge in [0.05, 0.1) is 20.6 Å². The summed E-state index contributed by atoms with van der Waals surface area (Å²) in [7, 11) is 0. The molecule has 1 saturated carbocycles. The normalized spacial score (nSPS) is 25.4. The van der Waals surface area contributed by atoms with E-state index in [2.05, 4.69) is 11.1 Å². The molecule has 1 amide bonds. The first-order chi connectivity index (χ1) is 12.1. The number of carbonyl (C=O) groups excluding carboxylic acids is 1. The molecular formula is C19H22N2O3S. The average Bonchev–Trinajstić information content (AvgIpc) is 3.26. The van der Waals surface area contributed by atoms with Gasteiger partial charge in [-0.3, -0.25) is 9.59 Å². The first kappa shape index (κ1) is 16.5. The van der Waals surface area contributed by atoms with Crippen molar-refractivity contribution in [3.8, 4) is 0 Å². The molecule has 4 rings (SSSR count). The van der Waals surface area contributed by atoms with Crippen LogP contribution in [0.5, 0.6) is 0 Å². The van der Waals surface area contributed by atoms with E-state index in [9.17, 15) is 14.7 Å². The van der Waals surface area contributed by atoms with Crippen molar-refractivity contribution in [3.05, 3.63) is 29.3 Å². The van der Waals surface area contributed by atoms with Crippen LogP contribution in [-0.2, 0) is 16.0 Å². The van der Waals surface area contributed by atoms with Gasteiger partial charge in [0.2, 0.25) is 5.91 Å². The van der Waals surface area contributed by atoms with E-state index in [1.54, 1.807) is 16.2 Å². The predicted octanol–water partition coefficient (Wildman–Crippen LogP) is 3.33. The molecule has 5 nitrogen and oxygen atoms in total. The van der Waals surface area contributed by atoms with E-state index in [4.69, 9.17) is 0 Å². The number of aromatic nitrogens is 1. The van der Waals surface area contributed by atoms with Crippen LogP contribution in [0.4, 0.5) is 0 Å². The van der Waals surface area contributed by atoms with Crippen LogP contribution in [-0.4, -0.2) is 40.0 Å². The second kappa shape index (κ2) is 6.41. The maximum Gasteiger partial charge on any atom is 0.311 e. The third-order valence-electron chi connectivity index (χ3n) is 5.77. The number of carboxylic acid groups (broad SMARTS) is 1. The molecule has 1 saturated heterocycles. The maximum absolute atomic E-state index is 12.5. The molecular weight excluding hydrogens is 336 g/mol. The number of benzene rings is 1. The number of hydrogen-bond donors (Lipinski definition) is 1. The number of amides is 1. The summed E-state index contributed by atoms with van der Waals surface area (Å²) in [6, 6.07) is 8.07. The van der Waals surface area contributed by atoms with Gasteiger partial charge in [0.25, 0.3) is 0 Å². The number of likely N-dealkylation sites (tertiary alicyclic amines) is 1. The lowest BCUT2D eigenvalue weighted by Crippen LogP contribution is -2.37. The summed E-state index contributed by atoms with van der Waals surface area (Å²) < 4.78 is 1.18. The lowest BCUT2D eigenvalue weighted by molar-refractivity contribution is -0.149. The van der Waals surface area contributed by atoms with E-state index in [0.29, 0.717) is 25.9 Å². The van der Waals surface area contributed by atoms with Gasteiger partial charge in [0.1, 0.15) is 0 Å². The van der Waals surface area contributed by atoms with Gasteiger partial charge >= 0.3 is 5.97 Å². The number of fused-ring (bicyclic) bond motifs is 2. The van der Waals surface area contributed by atoms with Gasteiger partial charge in [0.15, 0.2) is 0 Å². The third kappa shape index (κ3) is 2.92. The molecule has 1 aliphatic carbocycles. The lowest BCUT2D eigenvalue weighted by Gasteiger charge is -2.23. The summed E-state index contributed by atoms with van der Waals surface area (Å²) in [4.78, 5) is 30.6. The highest BCUT2D eigenvalue weighted by molar-refractivity contribution is 7.18. The van der Waals surface area contributed by atoms with E-state index in [0.717, 1.165) is 36.2 Å². The Kier molecular flexibility index (Phi) is 4.23. The zero-order valence-electron chi connectivity index (χ0n) is 14.1. The molecule has 25 heavy (non-hydrogen) atoms. The van der Waals surface area contributed by atoms with Crippen LogP contribution in [0.2, 0.25) is 0 Å². The van der Waals surface area contributed by atoms with Crippen molar-refractivity contribution >= 4 is 33.4 Å². The van der Waals surface area contributed by atoms with Crippen molar-refractivity contribution < 1.29 is 14.7 Å². The second-order valence-electron chi connectivity index (χ2n) is 7.25. The van der Waals surface area contributed by atoms with Gasteiger partial charge in [-0.25, -0.2) is 4.98 Å². The molecule has 1 aromatic carbocycles. The van der Waals surface area contributed by atoms with Crippen LogP contribution in [0.3, 0.4) is 0 Å². The van der Waals surface area contributed by atoms with E-state index in [-0.39, 0.29) is 11.8 Å². The fourth-order valence-electron chi connectivity index (χ4n) is 4.40. The van der Waals surface area contributed by atoms with Gasteiger partial charge < -0.3 is 10.0 Å². The van der Waals surface area contributed by atoms with Crippen LogP contribution in [0.15, 0.2) is 24.3 Å². The number of aliphatic carboxylic acids is 1. The summed E-state index contributed by atoms with van der Waals surface area (Å²) >= 11 is 1.68. The highest BCUT2D eigenvalue weighted by Crippen LogP contribution is 2.49. The summed E-state index contributed by atoms with van der Waals surface area (Å²) in [6.45, 7) is 1.01. The topological polar surface area (TPSA) is 70.5 Å². The number of aryl methyl sites for hydroxylation is 1. The van der Waals surface area contributed by atoms with Gasteiger partial charge in [0, 0.05) is 19.5 Å². The molecule has 0 bridgehead atoms. The molecule has 2 aliphatic rings. The van der Waals surface area contributed by atoms with Crippen LogP contribution in [0.1, 0.15) is 37.1 Å². The molecule has 2 atom stereocenters. The summed E-state index contributed by atoms with van der Waals surface area (Å²) in [5, 5.41) is 10.7. The third-order valence-corrected chi connectivity index (χ3v) is 6.86. The van der Waals surface area contributed by atoms with E-state index in [1.165, 1.54) is 4.70 Å². The van der Waals surface area contributed by atoms with Crippen molar-refractivity contribution in [3.63, 3.8) is 0 Å².